The van der Waals surface area contributed by atoms with Crippen molar-refractivity contribution in [3.63, 3.8) is 0 Å². The molecular weight excluding hydrogens is 156 g/mol. The standard InChI is InChI=1S/C9H18OS/c1-2-11-7-6-9(10)8-4-3-5-8/h8-10H,2-7H2,1H3. The van der Waals surface area contributed by atoms with Crippen LogP contribution in [0.3, 0.4) is 0 Å². The first-order valence-corrected chi connectivity index (χ1v) is 5.76. The molecule has 1 rings (SSSR count). The minimum Gasteiger partial charge on any atom is -0.393 e. The van der Waals surface area contributed by atoms with Crippen LogP contribution < -0.4 is 0 Å². The summed E-state index contributed by atoms with van der Waals surface area (Å²) < 4.78 is 0. The predicted molar refractivity (Wildman–Crippen MR) is 51.0 cm³/mol. The lowest BCUT2D eigenvalue weighted by Gasteiger charge is -2.30. The summed E-state index contributed by atoms with van der Waals surface area (Å²) in [5, 5.41) is 9.58. The van der Waals surface area contributed by atoms with Gasteiger partial charge in [-0.15, -0.1) is 0 Å². The fourth-order valence-electron chi connectivity index (χ4n) is 1.41. The molecule has 0 aromatic rings. The van der Waals surface area contributed by atoms with E-state index in [1.165, 1.54) is 25.0 Å². The number of hydrogen-bond donors (Lipinski definition) is 1. The van der Waals surface area contributed by atoms with E-state index in [2.05, 4.69) is 6.92 Å². The van der Waals surface area contributed by atoms with E-state index in [1.807, 2.05) is 11.8 Å². The van der Waals surface area contributed by atoms with Gasteiger partial charge in [0.15, 0.2) is 0 Å². The molecule has 1 fully saturated rings. The Morgan fingerprint density at radius 1 is 1.55 bits per heavy atom. The van der Waals surface area contributed by atoms with E-state index >= 15 is 0 Å². The maximum absolute atomic E-state index is 9.58. The van der Waals surface area contributed by atoms with Crippen molar-refractivity contribution in [1.82, 2.24) is 0 Å². The van der Waals surface area contributed by atoms with Crippen molar-refractivity contribution < 1.29 is 5.11 Å². The molecule has 1 saturated carbocycles. The Hall–Kier alpha value is 0.310. The molecule has 0 spiro atoms. The highest BCUT2D eigenvalue weighted by molar-refractivity contribution is 7.99. The fourth-order valence-corrected chi connectivity index (χ4v) is 2.11. The summed E-state index contributed by atoms with van der Waals surface area (Å²) in [6.45, 7) is 2.17. The highest BCUT2D eigenvalue weighted by Gasteiger charge is 2.24. The molecule has 0 heterocycles. The maximum Gasteiger partial charge on any atom is 0.0576 e. The molecule has 1 aliphatic carbocycles. The summed E-state index contributed by atoms with van der Waals surface area (Å²) in [7, 11) is 0. The van der Waals surface area contributed by atoms with Crippen LogP contribution in [0.1, 0.15) is 32.6 Å². The van der Waals surface area contributed by atoms with E-state index in [1.54, 1.807) is 0 Å². The smallest absolute Gasteiger partial charge is 0.0576 e. The van der Waals surface area contributed by atoms with Crippen LogP contribution >= 0.6 is 11.8 Å². The van der Waals surface area contributed by atoms with Crippen LogP contribution in [0.2, 0.25) is 0 Å². The van der Waals surface area contributed by atoms with Gasteiger partial charge in [0.2, 0.25) is 0 Å². The second-order valence-electron chi connectivity index (χ2n) is 3.24. The number of rotatable bonds is 5. The van der Waals surface area contributed by atoms with E-state index in [0.717, 1.165) is 12.2 Å². The average Bonchev–Trinajstić information content (AvgIpc) is 1.84. The van der Waals surface area contributed by atoms with Gasteiger partial charge in [0.1, 0.15) is 0 Å². The lowest BCUT2D eigenvalue weighted by Crippen LogP contribution is -2.27. The zero-order valence-corrected chi connectivity index (χ0v) is 8.07. The summed E-state index contributed by atoms with van der Waals surface area (Å²) in [4.78, 5) is 0. The largest absolute Gasteiger partial charge is 0.393 e. The third kappa shape index (κ3) is 3.04. The van der Waals surface area contributed by atoms with Gasteiger partial charge in [0.25, 0.3) is 0 Å². The van der Waals surface area contributed by atoms with Crippen molar-refractivity contribution >= 4 is 11.8 Å². The average molecular weight is 174 g/mol. The normalized spacial score (nSPS) is 21.3. The Labute approximate surface area is 73.6 Å². The minimum atomic E-state index is 0.00259. The SMILES string of the molecule is CCSCCC(O)C1CCC1. The molecular formula is C9H18OS. The van der Waals surface area contributed by atoms with Crippen molar-refractivity contribution in [1.29, 1.82) is 0 Å². The molecule has 66 valence electrons. The zero-order chi connectivity index (χ0) is 8.10. The first kappa shape index (κ1) is 9.40. The highest BCUT2D eigenvalue weighted by Crippen LogP contribution is 2.31. The van der Waals surface area contributed by atoms with E-state index < -0.39 is 0 Å². The molecule has 0 amide bonds. The molecule has 1 N–H and O–H groups in total. The van der Waals surface area contributed by atoms with Gasteiger partial charge in [-0.05, 0) is 36.7 Å². The lowest BCUT2D eigenvalue weighted by atomic mass is 9.80. The maximum atomic E-state index is 9.58. The van der Waals surface area contributed by atoms with Crippen LogP contribution in [-0.4, -0.2) is 22.7 Å². The van der Waals surface area contributed by atoms with Gasteiger partial charge in [-0.1, -0.05) is 13.3 Å². The molecule has 1 atom stereocenters. The summed E-state index contributed by atoms with van der Waals surface area (Å²) >= 11 is 1.93. The van der Waals surface area contributed by atoms with Gasteiger partial charge in [0, 0.05) is 0 Å². The van der Waals surface area contributed by atoms with Gasteiger partial charge in [0.05, 0.1) is 6.10 Å². The van der Waals surface area contributed by atoms with Crippen LogP contribution in [0.4, 0.5) is 0 Å². The number of aliphatic hydroxyl groups excluding tert-OH is 1. The van der Waals surface area contributed by atoms with Gasteiger partial charge in [-0.2, -0.15) is 11.8 Å². The summed E-state index contributed by atoms with van der Waals surface area (Å²) in [5.41, 5.74) is 0. The molecule has 0 aromatic heterocycles. The number of aliphatic hydroxyl groups is 1. The minimum absolute atomic E-state index is 0.00259. The van der Waals surface area contributed by atoms with Crippen molar-refractivity contribution in [2.24, 2.45) is 5.92 Å². The van der Waals surface area contributed by atoms with E-state index in [9.17, 15) is 5.11 Å². The van der Waals surface area contributed by atoms with Crippen LogP contribution in [0.25, 0.3) is 0 Å². The Bertz CT molecular complexity index is 102. The topological polar surface area (TPSA) is 20.2 Å². The second kappa shape index (κ2) is 5.04. The molecule has 0 aliphatic heterocycles. The highest BCUT2D eigenvalue weighted by atomic mass is 32.2. The zero-order valence-electron chi connectivity index (χ0n) is 7.25. The molecule has 11 heavy (non-hydrogen) atoms. The van der Waals surface area contributed by atoms with Crippen molar-refractivity contribution in [3.05, 3.63) is 0 Å². The van der Waals surface area contributed by atoms with Gasteiger partial charge < -0.3 is 5.11 Å². The monoisotopic (exact) mass is 174 g/mol. The fraction of sp³-hybridized carbons (Fsp3) is 1.00. The summed E-state index contributed by atoms with van der Waals surface area (Å²) in [5.74, 6) is 2.96. The third-order valence-corrected chi connectivity index (χ3v) is 3.39. The molecule has 1 nitrogen and oxygen atoms in total. The predicted octanol–water partition coefficient (Wildman–Crippen LogP) is 2.29. The van der Waals surface area contributed by atoms with Crippen LogP contribution in [0.5, 0.6) is 0 Å². The summed E-state index contributed by atoms with van der Waals surface area (Å²) in [6.07, 6.45) is 4.87. The van der Waals surface area contributed by atoms with Crippen molar-refractivity contribution in [2.45, 2.75) is 38.7 Å². The molecule has 1 unspecified atom stereocenters. The van der Waals surface area contributed by atoms with Crippen molar-refractivity contribution in [2.75, 3.05) is 11.5 Å². The van der Waals surface area contributed by atoms with Crippen LogP contribution in [0, 0.1) is 5.92 Å². The van der Waals surface area contributed by atoms with E-state index in [4.69, 9.17) is 0 Å². The van der Waals surface area contributed by atoms with Gasteiger partial charge in [-0.3, -0.25) is 0 Å². The van der Waals surface area contributed by atoms with Gasteiger partial charge >= 0.3 is 0 Å². The Kier molecular flexibility index (Phi) is 4.31. The molecule has 0 bridgehead atoms. The summed E-state index contributed by atoms with van der Waals surface area (Å²) in [6, 6.07) is 0. The Balaban J connectivity index is 1.96. The van der Waals surface area contributed by atoms with E-state index in [-0.39, 0.29) is 6.10 Å². The Morgan fingerprint density at radius 2 is 2.27 bits per heavy atom. The van der Waals surface area contributed by atoms with Crippen LogP contribution in [0.15, 0.2) is 0 Å². The second-order valence-corrected chi connectivity index (χ2v) is 4.64. The van der Waals surface area contributed by atoms with Crippen molar-refractivity contribution in [3.8, 4) is 0 Å². The first-order valence-electron chi connectivity index (χ1n) is 4.60. The molecule has 1 aliphatic rings. The molecule has 0 aromatic carbocycles. The Morgan fingerprint density at radius 3 is 2.73 bits per heavy atom. The number of thioether (sulfide) groups is 1. The molecule has 0 saturated heterocycles. The molecule has 0 radical (unpaired) electrons. The third-order valence-electron chi connectivity index (χ3n) is 2.46. The first-order chi connectivity index (χ1) is 5.34. The van der Waals surface area contributed by atoms with E-state index in [0.29, 0.717) is 5.92 Å². The van der Waals surface area contributed by atoms with Gasteiger partial charge in [-0.25, -0.2) is 0 Å². The lowest BCUT2D eigenvalue weighted by molar-refractivity contribution is 0.0607. The number of hydrogen-bond acceptors (Lipinski definition) is 2. The van der Waals surface area contributed by atoms with Crippen LogP contribution in [-0.2, 0) is 0 Å². The quantitative estimate of drug-likeness (QED) is 0.645. The molecule has 2 heteroatoms.